The molecule has 0 spiro atoms. The number of ether oxygens (including phenoxy) is 1. The van der Waals surface area contributed by atoms with Crippen molar-refractivity contribution in [2.45, 2.75) is 104 Å². The third-order valence-corrected chi connectivity index (χ3v) is 11.3. The average molecular weight is 792 g/mol. The number of carbonyl (C=O) groups excluding carboxylic acids is 1. The molecule has 3 aromatic rings. The lowest BCUT2D eigenvalue weighted by Gasteiger charge is -2.30. The molecule has 56 heavy (non-hydrogen) atoms. The zero-order valence-corrected chi connectivity index (χ0v) is 35.3. The van der Waals surface area contributed by atoms with E-state index in [0.717, 1.165) is 37.3 Å². The Morgan fingerprint density at radius 3 is 2.52 bits per heavy atom. The van der Waals surface area contributed by atoms with E-state index in [4.69, 9.17) is 30.4 Å². The van der Waals surface area contributed by atoms with E-state index in [-0.39, 0.29) is 51.9 Å². The number of aliphatic imine (C=N–C) groups is 1. The Bertz CT molecular complexity index is 2080. The molecule has 0 radical (unpaired) electrons. The number of nitrogens with two attached hydrogens (primary N) is 1. The van der Waals surface area contributed by atoms with Crippen LogP contribution >= 0.6 is 9.24 Å². The summed E-state index contributed by atoms with van der Waals surface area (Å²) in [5.74, 6) is 0.176. The highest BCUT2D eigenvalue weighted by Gasteiger charge is 2.32. The number of aromatic hydroxyl groups is 1. The fourth-order valence-electron chi connectivity index (χ4n) is 7.52. The standard InChI is InChI=1S/C43H60F2N7O3P/c1-8-10-12-13-18-42(5,17-11-9-2)26-55-41-49-36-24-32(31-23-30(53)15-16-34(31)43(44,45)56)38-33(21-27(3)28(4)48-38)37(36)39(50-41)52-20-14-19-47-29(25-52)22-35(46)40(54)51(6)7/h15-16,21-24,27-28,53H,8-14,17-20,25-26,46,56H2,1-7H3/b35-22-. The van der Waals surface area contributed by atoms with Gasteiger partial charge in [0, 0.05) is 48.9 Å². The van der Waals surface area contributed by atoms with Crippen molar-refractivity contribution >= 4 is 43.7 Å². The number of unbranched alkanes of at least 4 members (excludes halogenated alkanes) is 4. The van der Waals surface area contributed by atoms with E-state index >= 15 is 8.78 Å². The normalized spacial score (nSPS) is 18.6. The lowest BCUT2D eigenvalue weighted by atomic mass is 9.81. The fourth-order valence-corrected chi connectivity index (χ4v) is 7.77. The lowest BCUT2D eigenvalue weighted by molar-refractivity contribution is -0.124. The summed E-state index contributed by atoms with van der Waals surface area (Å²) in [5, 5.41) is 12.6. The van der Waals surface area contributed by atoms with E-state index in [1.807, 2.05) is 6.92 Å². The van der Waals surface area contributed by atoms with Crippen LogP contribution in [0, 0.1) is 11.3 Å². The molecular weight excluding hydrogens is 731 g/mol. The first-order chi connectivity index (χ1) is 26.5. The van der Waals surface area contributed by atoms with Gasteiger partial charge in [-0.1, -0.05) is 81.5 Å². The number of benzene rings is 2. The minimum atomic E-state index is -3.28. The molecule has 3 N–H and O–H groups in total. The minimum absolute atomic E-state index is 0.0181. The zero-order valence-electron chi connectivity index (χ0n) is 34.2. The van der Waals surface area contributed by atoms with Gasteiger partial charge in [0.1, 0.15) is 11.6 Å². The van der Waals surface area contributed by atoms with Crippen molar-refractivity contribution in [2.75, 3.05) is 45.2 Å². The summed E-state index contributed by atoms with van der Waals surface area (Å²) in [6, 6.07) is 5.73. The average Bonchev–Trinajstić information content (AvgIpc) is 3.39. The largest absolute Gasteiger partial charge is 0.508 e. The number of amides is 1. The van der Waals surface area contributed by atoms with E-state index < -0.39 is 5.66 Å². The number of hydrogen-bond donors (Lipinski definition) is 2. The number of carbonyl (C=O) groups is 1. The third kappa shape index (κ3) is 10.2. The quantitative estimate of drug-likeness (QED) is 0.0874. The van der Waals surface area contributed by atoms with Gasteiger partial charge in [-0.15, -0.1) is 0 Å². The van der Waals surface area contributed by atoms with Gasteiger partial charge in [-0.3, -0.25) is 14.8 Å². The van der Waals surface area contributed by atoms with Crippen LogP contribution in [0.1, 0.15) is 98.0 Å². The molecule has 10 nitrogen and oxygen atoms in total. The van der Waals surface area contributed by atoms with Gasteiger partial charge < -0.3 is 25.4 Å². The van der Waals surface area contributed by atoms with Gasteiger partial charge in [0.15, 0.2) is 0 Å². The first-order valence-corrected chi connectivity index (χ1v) is 20.7. The molecule has 2 aliphatic heterocycles. The van der Waals surface area contributed by atoms with E-state index in [1.165, 1.54) is 42.4 Å². The molecule has 1 amide bonds. The van der Waals surface area contributed by atoms with Crippen LogP contribution in [-0.2, 0) is 10.5 Å². The summed E-state index contributed by atoms with van der Waals surface area (Å²) >= 11 is 0. The highest BCUT2D eigenvalue weighted by Crippen LogP contribution is 2.42. The molecule has 4 unspecified atom stereocenters. The second kappa shape index (κ2) is 18.4. The summed E-state index contributed by atoms with van der Waals surface area (Å²) in [6.45, 7) is 12.6. The molecule has 2 aromatic carbocycles. The zero-order chi connectivity index (χ0) is 40.8. The molecule has 0 saturated carbocycles. The number of rotatable bonds is 16. The summed E-state index contributed by atoms with van der Waals surface area (Å²) in [7, 11) is 4.93. The molecule has 4 atom stereocenters. The Morgan fingerprint density at radius 1 is 1.09 bits per heavy atom. The Morgan fingerprint density at radius 2 is 1.82 bits per heavy atom. The van der Waals surface area contributed by atoms with Crippen LogP contribution in [0.4, 0.5) is 14.6 Å². The molecule has 0 bridgehead atoms. The monoisotopic (exact) mass is 791 g/mol. The maximum Gasteiger partial charge on any atom is 0.318 e. The molecule has 1 aromatic heterocycles. The first-order valence-electron chi connectivity index (χ1n) is 20.1. The number of fused-ring (bicyclic) bond motifs is 3. The number of phenols is 1. The molecule has 0 fully saturated rings. The van der Waals surface area contributed by atoms with Crippen molar-refractivity contribution in [3.8, 4) is 22.9 Å². The number of aromatic nitrogens is 2. The predicted molar refractivity (Wildman–Crippen MR) is 226 cm³/mol. The third-order valence-electron chi connectivity index (χ3n) is 11.0. The Labute approximate surface area is 332 Å². The molecular formula is C43H60F2N7O3P. The number of anilines is 1. The molecule has 304 valence electrons. The van der Waals surface area contributed by atoms with Gasteiger partial charge >= 0.3 is 6.01 Å². The summed E-state index contributed by atoms with van der Waals surface area (Å²) in [5.41, 5.74) is 4.45. The lowest BCUT2D eigenvalue weighted by Crippen LogP contribution is -2.38. The molecule has 13 heteroatoms. The second-order valence-electron chi connectivity index (χ2n) is 16.1. The van der Waals surface area contributed by atoms with Crippen molar-refractivity contribution in [1.29, 1.82) is 0 Å². The van der Waals surface area contributed by atoms with Crippen LogP contribution in [0.15, 0.2) is 46.0 Å². The highest BCUT2D eigenvalue weighted by molar-refractivity contribution is 7.17. The van der Waals surface area contributed by atoms with Crippen molar-refractivity contribution < 1.29 is 23.4 Å². The van der Waals surface area contributed by atoms with Gasteiger partial charge in [-0.25, -0.2) is 0 Å². The fraction of sp³-hybridized carbons (Fsp3) is 0.558. The highest BCUT2D eigenvalue weighted by atomic mass is 31.0. The topological polar surface area (TPSA) is 130 Å². The van der Waals surface area contributed by atoms with Crippen LogP contribution in [0.2, 0.25) is 0 Å². The van der Waals surface area contributed by atoms with Crippen LogP contribution in [0.3, 0.4) is 0 Å². The summed E-state index contributed by atoms with van der Waals surface area (Å²) in [6.07, 6.45) is 13.3. The van der Waals surface area contributed by atoms with E-state index in [2.05, 4.69) is 38.7 Å². The van der Waals surface area contributed by atoms with E-state index in [1.54, 1.807) is 35.5 Å². The predicted octanol–water partition coefficient (Wildman–Crippen LogP) is 7.49. The van der Waals surface area contributed by atoms with Crippen LogP contribution in [0.5, 0.6) is 11.8 Å². The Balaban J connectivity index is 1.75. The maximum atomic E-state index is 15.2. The minimum Gasteiger partial charge on any atom is -0.508 e. The van der Waals surface area contributed by atoms with Crippen LogP contribution < -0.4 is 25.9 Å². The molecule has 3 heterocycles. The van der Waals surface area contributed by atoms with Gasteiger partial charge in [-0.05, 0) is 68.0 Å². The number of alkyl halides is 2. The van der Waals surface area contributed by atoms with Crippen molar-refractivity contribution in [3.05, 3.63) is 52.2 Å². The molecule has 5 rings (SSSR count). The summed E-state index contributed by atoms with van der Waals surface area (Å²) in [4.78, 5) is 36.3. The SMILES string of the molecule is CCCCCCC(C)(CCCC)COc1nc(N2CCCN=C(/C=C(\N)C(=O)N(C)C)C2)c2c3c(c(-c4cc(O)ccc4C(F)(F)P)cc2n1)=NC(C)C(C)C=3. The number of hydrogen-bond acceptors (Lipinski definition) is 9. The van der Waals surface area contributed by atoms with Gasteiger partial charge in [0.2, 0.25) is 0 Å². The van der Waals surface area contributed by atoms with Crippen LogP contribution in [0.25, 0.3) is 28.1 Å². The molecule has 0 aliphatic carbocycles. The Hall–Kier alpha value is -4.18. The van der Waals surface area contributed by atoms with E-state index in [0.29, 0.717) is 66.0 Å². The number of nitrogens with zero attached hydrogens (tertiary/aromatic N) is 6. The van der Waals surface area contributed by atoms with Crippen LogP contribution in [-0.4, -0.2) is 78.0 Å². The smallest absolute Gasteiger partial charge is 0.318 e. The van der Waals surface area contributed by atoms with Gasteiger partial charge in [0.05, 0.1) is 46.9 Å². The number of phenolic OH excluding ortho intramolecular Hbond substituents is 1. The first kappa shape index (κ1) is 43.0. The Kier molecular flexibility index (Phi) is 14.1. The molecule has 0 saturated heterocycles. The van der Waals surface area contributed by atoms with Crippen molar-refractivity contribution in [1.82, 2.24) is 14.9 Å². The maximum absolute atomic E-state index is 15.2. The number of halogens is 2. The van der Waals surface area contributed by atoms with Crippen molar-refractivity contribution in [2.24, 2.45) is 27.1 Å². The summed E-state index contributed by atoms with van der Waals surface area (Å²) < 4.78 is 37.1. The van der Waals surface area contributed by atoms with Crippen molar-refractivity contribution in [3.63, 3.8) is 0 Å². The number of likely N-dealkylation sites (N-methyl/N-ethyl adjacent to an activating group) is 1. The van der Waals surface area contributed by atoms with Gasteiger partial charge in [0.25, 0.3) is 11.6 Å². The van der Waals surface area contributed by atoms with E-state index in [9.17, 15) is 9.90 Å². The second-order valence-corrected chi connectivity index (χ2v) is 16.8. The van der Waals surface area contributed by atoms with Gasteiger partial charge in [-0.2, -0.15) is 18.7 Å². The molecule has 2 aliphatic rings.